The maximum Gasteiger partial charge on any atom is 0.340 e. The maximum absolute atomic E-state index is 12.8. The number of aromatic nitrogens is 2. The molecule has 1 aliphatic heterocycles. The summed E-state index contributed by atoms with van der Waals surface area (Å²) in [5.74, 6) is -1.72. The van der Waals surface area contributed by atoms with Gasteiger partial charge in [-0.15, -0.1) is 0 Å². The van der Waals surface area contributed by atoms with Crippen LogP contribution in [0, 0.1) is 19.8 Å². The van der Waals surface area contributed by atoms with Crippen molar-refractivity contribution in [3.8, 4) is 0 Å². The van der Waals surface area contributed by atoms with Gasteiger partial charge in [-0.2, -0.15) is 4.98 Å². The lowest BCUT2D eigenvalue weighted by atomic mass is 9.97. The van der Waals surface area contributed by atoms with E-state index >= 15 is 0 Å². The highest BCUT2D eigenvalue weighted by Crippen LogP contribution is 2.27. The van der Waals surface area contributed by atoms with Gasteiger partial charge in [-0.05, 0) is 45.7 Å². The summed E-state index contributed by atoms with van der Waals surface area (Å²) in [5, 5.41) is 0. The van der Waals surface area contributed by atoms with E-state index in [1.807, 2.05) is 29.2 Å². The number of anilines is 1. The first kappa shape index (κ1) is 22.6. The predicted octanol–water partition coefficient (Wildman–Crippen LogP) is 3.59. The third-order valence-corrected chi connectivity index (χ3v) is 5.86. The van der Waals surface area contributed by atoms with Crippen LogP contribution in [0.2, 0.25) is 0 Å². The number of ketones is 1. The second kappa shape index (κ2) is 9.48. The van der Waals surface area contributed by atoms with E-state index in [1.54, 1.807) is 20.8 Å². The second-order valence-corrected chi connectivity index (χ2v) is 8.10. The van der Waals surface area contributed by atoms with E-state index in [0.29, 0.717) is 43.3 Å². The molecule has 0 spiro atoms. The fourth-order valence-electron chi connectivity index (χ4n) is 4.22. The smallest absolute Gasteiger partial charge is 0.340 e. The molecule has 4 rings (SSSR count). The van der Waals surface area contributed by atoms with Crippen molar-refractivity contribution in [2.24, 2.45) is 5.92 Å². The molecule has 1 fully saturated rings. The van der Waals surface area contributed by atoms with Crippen LogP contribution < -0.4 is 4.90 Å². The number of hydrogen-bond donors (Lipinski definition) is 1. The van der Waals surface area contributed by atoms with Gasteiger partial charge in [-0.25, -0.2) is 4.79 Å². The largest absolute Gasteiger partial charge is 0.462 e. The summed E-state index contributed by atoms with van der Waals surface area (Å²) >= 11 is 0. The molecule has 0 atom stereocenters. The lowest BCUT2D eigenvalue weighted by Gasteiger charge is -2.29. The summed E-state index contributed by atoms with van der Waals surface area (Å²) in [6.45, 7) is 6.08. The third kappa shape index (κ3) is 4.62. The molecule has 174 valence electrons. The average Bonchev–Trinajstić information content (AvgIpc) is 3.37. The summed E-state index contributed by atoms with van der Waals surface area (Å²) in [5.41, 5.74) is 3.03. The standard InChI is InChI=1S/C24H27N3O6/c1-4-31-23(30)21-15(3)25-14(2)20(21)18(28)13-32-22(29)16-9-11-27(12-10-16)24-26-17-7-5-6-8-19(17)33-24/h5-8,16,25H,4,9-13H2,1-3H3. The number of hydrogen-bond acceptors (Lipinski definition) is 8. The number of H-pyrrole nitrogens is 1. The number of Topliss-reactive ketones (excluding diaryl/α,β-unsaturated/α-hetero) is 1. The number of carbonyl (C=O) groups is 3. The van der Waals surface area contributed by atoms with E-state index in [9.17, 15) is 14.4 Å². The number of para-hydroxylation sites is 2. The first-order valence-electron chi connectivity index (χ1n) is 11.1. The van der Waals surface area contributed by atoms with Crippen molar-refractivity contribution in [3.05, 3.63) is 46.8 Å². The Balaban J connectivity index is 1.33. The number of benzene rings is 1. The molecule has 0 amide bonds. The van der Waals surface area contributed by atoms with Crippen LogP contribution in [0.25, 0.3) is 11.1 Å². The van der Waals surface area contributed by atoms with E-state index in [-0.39, 0.29) is 23.7 Å². The van der Waals surface area contributed by atoms with E-state index in [1.165, 1.54) is 0 Å². The number of nitrogens with one attached hydrogen (secondary N) is 1. The quantitative estimate of drug-likeness (QED) is 0.426. The first-order chi connectivity index (χ1) is 15.9. The van der Waals surface area contributed by atoms with Crippen molar-refractivity contribution in [1.29, 1.82) is 0 Å². The monoisotopic (exact) mass is 453 g/mol. The Kier molecular flexibility index (Phi) is 6.48. The second-order valence-electron chi connectivity index (χ2n) is 8.10. The summed E-state index contributed by atoms with van der Waals surface area (Å²) in [7, 11) is 0. The normalized spacial score (nSPS) is 14.5. The van der Waals surface area contributed by atoms with Crippen molar-refractivity contribution >= 4 is 34.8 Å². The number of esters is 2. The van der Waals surface area contributed by atoms with E-state index in [4.69, 9.17) is 13.9 Å². The number of nitrogens with zero attached hydrogens (tertiary/aromatic N) is 2. The Hall–Kier alpha value is -3.62. The molecule has 0 saturated carbocycles. The number of rotatable bonds is 7. The Morgan fingerprint density at radius 1 is 1.09 bits per heavy atom. The molecule has 1 saturated heterocycles. The highest BCUT2D eigenvalue weighted by molar-refractivity contribution is 6.09. The third-order valence-electron chi connectivity index (χ3n) is 5.86. The van der Waals surface area contributed by atoms with E-state index in [0.717, 1.165) is 11.1 Å². The van der Waals surface area contributed by atoms with Gasteiger partial charge >= 0.3 is 11.9 Å². The summed E-state index contributed by atoms with van der Waals surface area (Å²) in [6.07, 6.45) is 1.14. The van der Waals surface area contributed by atoms with Crippen LogP contribution in [-0.2, 0) is 14.3 Å². The fraction of sp³-hybridized carbons (Fsp3) is 0.417. The number of piperidine rings is 1. The van der Waals surface area contributed by atoms with Crippen LogP contribution in [-0.4, -0.2) is 54.0 Å². The molecule has 2 aromatic heterocycles. The minimum Gasteiger partial charge on any atom is -0.462 e. The van der Waals surface area contributed by atoms with Crippen LogP contribution in [0.15, 0.2) is 28.7 Å². The lowest BCUT2D eigenvalue weighted by molar-refractivity contribution is -0.148. The van der Waals surface area contributed by atoms with Crippen LogP contribution in [0.4, 0.5) is 6.01 Å². The first-order valence-corrected chi connectivity index (χ1v) is 11.1. The molecule has 9 nitrogen and oxygen atoms in total. The number of aromatic amines is 1. The van der Waals surface area contributed by atoms with E-state index in [2.05, 4.69) is 9.97 Å². The zero-order valence-electron chi connectivity index (χ0n) is 19.0. The average molecular weight is 453 g/mol. The molecule has 1 aromatic carbocycles. The van der Waals surface area contributed by atoms with Gasteiger partial charge < -0.3 is 23.8 Å². The van der Waals surface area contributed by atoms with Gasteiger partial charge in [0.1, 0.15) is 5.52 Å². The fourth-order valence-corrected chi connectivity index (χ4v) is 4.22. The predicted molar refractivity (Wildman–Crippen MR) is 120 cm³/mol. The van der Waals surface area contributed by atoms with Crippen LogP contribution >= 0.6 is 0 Å². The van der Waals surface area contributed by atoms with Gasteiger partial charge in [-0.1, -0.05) is 12.1 Å². The maximum atomic E-state index is 12.8. The van der Waals surface area contributed by atoms with Crippen LogP contribution in [0.3, 0.4) is 0 Å². The number of oxazole rings is 1. The van der Waals surface area contributed by atoms with Crippen molar-refractivity contribution in [1.82, 2.24) is 9.97 Å². The number of ether oxygens (including phenoxy) is 2. The molecule has 3 heterocycles. The molecule has 1 aliphatic rings. The molecule has 0 radical (unpaired) electrons. The Morgan fingerprint density at radius 2 is 1.79 bits per heavy atom. The van der Waals surface area contributed by atoms with Gasteiger partial charge in [0.2, 0.25) is 5.78 Å². The molecule has 0 aliphatic carbocycles. The van der Waals surface area contributed by atoms with Crippen molar-refractivity contribution in [2.75, 3.05) is 31.2 Å². The van der Waals surface area contributed by atoms with Crippen molar-refractivity contribution in [3.63, 3.8) is 0 Å². The minimum absolute atomic E-state index is 0.196. The summed E-state index contributed by atoms with van der Waals surface area (Å²) in [4.78, 5) is 47.2. The highest BCUT2D eigenvalue weighted by Gasteiger charge is 2.30. The van der Waals surface area contributed by atoms with Gasteiger partial charge in [0.05, 0.1) is 23.7 Å². The SMILES string of the molecule is CCOC(=O)c1c(C)[nH]c(C)c1C(=O)COC(=O)C1CCN(c2nc3ccccc3o2)CC1. The lowest BCUT2D eigenvalue weighted by Crippen LogP contribution is -2.37. The van der Waals surface area contributed by atoms with Gasteiger partial charge in [0.25, 0.3) is 6.01 Å². The molecule has 9 heteroatoms. The zero-order chi connectivity index (χ0) is 23.5. The van der Waals surface area contributed by atoms with Crippen molar-refractivity contribution in [2.45, 2.75) is 33.6 Å². The topological polar surface area (TPSA) is 115 Å². The molecular formula is C24H27N3O6. The minimum atomic E-state index is -0.569. The number of fused-ring (bicyclic) bond motifs is 1. The molecular weight excluding hydrogens is 426 g/mol. The zero-order valence-corrected chi connectivity index (χ0v) is 19.0. The number of carbonyl (C=O) groups excluding carboxylic acids is 3. The summed E-state index contributed by atoms with van der Waals surface area (Å²) in [6, 6.07) is 8.11. The summed E-state index contributed by atoms with van der Waals surface area (Å²) < 4.78 is 16.2. The molecule has 0 unspecified atom stereocenters. The molecule has 0 bridgehead atoms. The number of aryl methyl sites for hydroxylation is 2. The van der Waals surface area contributed by atoms with Gasteiger partial charge in [0.15, 0.2) is 12.2 Å². The highest BCUT2D eigenvalue weighted by atomic mass is 16.5. The van der Waals surface area contributed by atoms with Crippen LogP contribution in [0.1, 0.15) is 51.9 Å². The Morgan fingerprint density at radius 3 is 2.48 bits per heavy atom. The van der Waals surface area contributed by atoms with E-state index < -0.39 is 24.3 Å². The Bertz CT molecular complexity index is 1150. The molecule has 3 aromatic rings. The Labute approximate surface area is 191 Å². The van der Waals surface area contributed by atoms with Crippen LogP contribution in [0.5, 0.6) is 0 Å². The molecule has 1 N–H and O–H groups in total. The van der Waals surface area contributed by atoms with Gasteiger partial charge in [-0.3, -0.25) is 9.59 Å². The van der Waals surface area contributed by atoms with Crippen molar-refractivity contribution < 1.29 is 28.3 Å². The van der Waals surface area contributed by atoms with Gasteiger partial charge in [0, 0.05) is 24.5 Å². The molecule has 33 heavy (non-hydrogen) atoms.